The number of benzene rings is 2. The normalized spacial score (nSPS) is 12.0. The molecule has 2 amide bonds. The van der Waals surface area contributed by atoms with E-state index in [2.05, 4.69) is 21.2 Å². The van der Waals surface area contributed by atoms with Crippen molar-refractivity contribution in [3.8, 4) is 5.75 Å². The summed E-state index contributed by atoms with van der Waals surface area (Å²) in [5.74, 6) is -0.0535. The number of carbonyl (C=O) groups excluding carboxylic acids is 2. The number of halogens is 1. The zero-order valence-corrected chi connectivity index (χ0v) is 23.1. The highest BCUT2D eigenvalue weighted by Gasteiger charge is 2.32. The number of hydrogen-bond donors (Lipinski definition) is 1. The van der Waals surface area contributed by atoms with Gasteiger partial charge in [-0.15, -0.1) is 0 Å². The number of unbranched alkanes of at least 4 members (excludes halogenated alkanes) is 1. The molecule has 0 radical (unpaired) electrons. The van der Waals surface area contributed by atoms with E-state index in [4.69, 9.17) is 4.74 Å². The Bertz CT molecular complexity index is 1090. The Balaban J connectivity index is 2.41. The highest BCUT2D eigenvalue weighted by Crippen LogP contribution is 2.28. The zero-order chi connectivity index (χ0) is 26.0. The maximum absolute atomic E-state index is 13.6. The minimum absolute atomic E-state index is 0.149. The van der Waals surface area contributed by atoms with Gasteiger partial charge in [-0.05, 0) is 58.6 Å². The molecule has 0 aliphatic carbocycles. The summed E-state index contributed by atoms with van der Waals surface area (Å²) < 4.78 is 32.1. The lowest BCUT2D eigenvalue weighted by atomic mass is 10.1. The van der Waals surface area contributed by atoms with Crippen molar-refractivity contribution in [2.24, 2.45) is 0 Å². The van der Waals surface area contributed by atoms with Crippen molar-refractivity contribution in [2.75, 3.05) is 30.8 Å². The Morgan fingerprint density at radius 3 is 2.29 bits per heavy atom. The summed E-state index contributed by atoms with van der Waals surface area (Å²) in [6.45, 7) is 4.10. The first-order valence-corrected chi connectivity index (χ1v) is 14.2. The molecule has 0 aromatic heterocycles. The van der Waals surface area contributed by atoms with Gasteiger partial charge in [0.25, 0.3) is 0 Å². The molecule has 1 atom stereocenters. The quantitative estimate of drug-likeness (QED) is 0.370. The summed E-state index contributed by atoms with van der Waals surface area (Å²) in [5.41, 5.74) is 1.15. The summed E-state index contributed by atoms with van der Waals surface area (Å²) >= 11 is 3.38. The van der Waals surface area contributed by atoms with Crippen LogP contribution in [0.3, 0.4) is 0 Å². The van der Waals surface area contributed by atoms with E-state index >= 15 is 0 Å². The van der Waals surface area contributed by atoms with E-state index in [1.807, 2.05) is 26.0 Å². The van der Waals surface area contributed by atoms with E-state index in [-0.39, 0.29) is 12.5 Å². The van der Waals surface area contributed by atoms with Gasteiger partial charge in [-0.1, -0.05) is 44.5 Å². The van der Waals surface area contributed by atoms with Crippen LogP contribution in [0.5, 0.6) is 5.75 Å². The number of nitrogens with one attached hydrogen (secondary N) is 1. The molecular weight excluding hydrogens is 534 g/mol. The molecule has 2 aromatic rings. The number of sulfonamides is 1. The standard InChI is InChI=1S/C25H34BrN3O5S/c1-5-7-16-27-25(31)22(6-2)28(17-19-12-14-20(34-3)15-13-19)24(30)18-29(35(4,32)33)23-11-9-8-10-21(23)26/h8-15,22H,5-7,16-18H2,1-4H3,(H,27,31)/t22-/m0/s1. The Kier molecular flexibility index (Phi) is 11.0. The van der Waals surface area contributed by atoms with Crippen molar-refractivity contribution in [3.05, 3.63) is 58.6 Å². The first kappa shape index (κ1) is 28.6. The SMILES string of the molecule is CCCCNC(=O)[C@H](CC)N(Cc1ccc(OC)cc1)C(=O)CN(c1ccccc1Br)S(C)(=O)=O. The lowest BCUT2D eigenvalue weighted by Gasteiger charge is -2.33. The van der Waals surface area contributed by atoms with Gasteiger partial charge >= 0.3 is 0 Å². The Hall–Kier alpha value is -2.59. The number of ether oxygens (including phenoxy) is 1. The van der Waals surface area contributed by atoms with E-state index in [1.54, 1.807) is 43.5 Å². The van der Waals surface area contributed by atoms with Gasteiger partial charge in [0.15, 0.2) is 0 Å². The molecule has 8 nitrogen and oxygen atoms in total. The monoisotopic (exact) mass is 567 g/mol. The molecule has 0 saturated heterocycles. The zero-order valence-electron chi connectivity index (χ0n) is 20.7. The number of para-hydroxylation sites is 1. The van der Waals surface area contributed by atoms with Crippen LogP contribution in [0.2, 0.25) is 0 Å². The molecule has 0 aliphatic rings. The molecule has 0 unspecified atom stereocenters. The number of methoxy groups -OCH3 is 1. The maximum Gasteiger partial charge on any atom is 0.244 e. The topological polar surface area (TPSA) is 96.0 Å². The van der Waals surface area contributed by atoms with E-state index in [1.165, 1.54) is 4.90 Å². The summed E-state index contributed by atoms with van der Waals surface area (Å²) in [5, 5.41) is 2.91. The Morgan fingerprint density at radius 2 is 1.74 bits per heavy atom. The first-order chi connectivity index (χ1) is 16.6. The second-order valence-electron chi connectivity index (χ2n) is 8.16. The number of amides is 2. The molecule has 192 valence electrons. The lowest BCUT2D eigenvalue weighted by Crippen LogP contribution is -2.52. The van der Waals surface area contributed by atoms with Crippen LogP contribution in [-0.4, -0.2) is 57.6 Å². The van der Waals surface area contributed by atoms with Crippen molar-refractivity contribution in [1.29, 1.82) is 0 Å². The van der Waals surface area contributed by atoms with Gasteiger partial charge in [-0.25, -0.2) is 8.42 Å². The smallest absolute Gasteiger partial charge is 0.244 e. The predicted octanol–water partition coefficient (Wildman–Crippen LogP) is 3.95. The molecule has 2 rings (SSSR count). The lowest BCUT2D eigenvalue weighted by molar-refractivity contribution is -0.140. The molecule has 2 aromatic carbocycles. The van der Waals surface area contributed by atoms with Crippen LogP contribution in [0.1, 0.15) is 38.7 Å². The third-order valence-corrected chi connectivity index (χ3v) is 7.32. The van der Waals surface area contributed by atoms with Gasteiger partial charge in [0.1, 0.15) is 18.3 Å². The highest BCUT2D eigenvalue weighted by atomic mass is 79.9. The van der Waals surface area contributed by atoms with Gasteiger partial charge < -0.3 is 15.0 Å². The number of hydrogen-bond acceptors (Lipinski definition) is 5. The van der Waals surface area contributed by atoms with Crippen LogP contribution in [0.4, 0.5) is 5.69 Å². The van der Waals surface area contributed by atoms with Crippen LogP contribution in [0, 0.1) is 0 Å². The third kappa shape index (κ3) is 8.24. The Morgan fingerprint density at radius 1 is 1.09 bits per heavy atom. The van der Waals surface area contributed by atoms with E-state index in [0.717, 1.165) is 29.0 Å². The van der Waals surface area contributed by atoms with Gasteiger partial charge in [-0.2, -0.15) is 0 Å². The molecule has 0 aliphatic heterocycles. The molecule has 35 heavy (non-hydrogen) atoms. The minimum Gasteiger partial charge on any atom is -0.497 e. The van der Waals surface area contributed by atoms with E-state index < -0.39 is 28.5 Å². The molecule has 0 heterocycles. The van der Waals surface area contributed by atoms with Crippen LogP contribution >= 0.6 is 15.9 Å². The fourth-order valence-electron chi connectivity index (χ4n) is 3.60. The highest BCUT2D eigenvalue weighted by molar-refractivity contribution is 9.10. The first-order valence-electron chi connectivity index (χ1n) is 11.5. The largest absolute Gasteiger partial charge is 0.497 e. The number of carbonyl (C=O) groups is 2. The fraction of sp³-hybridized carbons (Fsp3) is 0.440. The molecule has 10 heteroatoms. The van der Waals surface area contributed by atoms with Crippen LogP contribution in [0.15, 0.2) is 53.0 Å². The van der Waals surface area contributed by atoms with E-state index in [0.29, 0.717) is 28.9 Å². The number of rotatable bonds is 13. The third-order valence-electron chi connectivity index (χ3n) is 5.53. The van der Waals surface area contributed by atoms with Gasteiger partial charge in [-0.3, -0.25) is 13.9 Å². The molecular formula is C25H34BrN3O5S. The van der Waals surface area contributed by atoms with Gasteiger partial charge in [0.05, 0.1) is 19.1 Å². The van der Waals surface area contributed by atoms with Crippen molar-refractivity contribution >= 4 is 43.5 Å². The van der Waals surface area contributed by atoms with Crippen molar-refractivity contribution in [2.45, 2.75) is 45.7 Å². The second kappa shape index (κ2) is 13.5. The van der Waals surface area contributed by atoms with Crippen LogP contribution < -0.4 is 14.4 Å². The van der Waals surface area contributed by atoms with Crippen LogP contribution in [-0.2, 0) is 26.2 Å². The van der Waals surface area contributed by atoms with Crippen molar-refractivity contribution in [3.63, 3.8) is 0 Å². The minimum atomic E-state index is -3.78. The average Bonchev–Trinajstić information content (AvgIpc) is 2.82. The molecule has 0 fully saturated rings. The summed E-state index contributed by atoms with van der Waals surface area (Å²) in [4.78, 5) is 28.1. The van der Waals surface area contributed by atoms with Crippen molar-refractivity contribution in [1.82, 2.24) is 10.2 Å². The average molecular weight is 569 g/mol. The van der Waals surface area contributed by atoms with E-state index in [9.17, 15) is 18.0 Å². The van der Waals surface area contributed by atoms with Crippen molar-refractivity contribution < 1.29 is 22.7 Å². The molecule has 1 N–H and O–H groups in total. The molecule has 0 saturated carbocycles. The maximum atomic E-state index is 13.6. The fourth-order valence-corrected chi connectivity index (χ4v) is 5.08. The number of anilines is 1. The molecule has 0 spiro atoms. The Labute approximate surface area is 216 Å². The van der Waals surface area contributed by atoms with Gasteiger partial charge in [0, 0.05) is 17.6 Å². The summed E-state index contributed by atoms with van der Waals surface area (Å²) in [7, 11) is -2.21. The summed E-state index contributed by atoms with van der Waals surface area (Å²) in [6, 6.07) is 13.3. The van der Waals surface area contributed by atoms with Crippen LogP contribution in [0.25, 0.3) is 0 Å². The van der Waals surface area contributed by atoms with Gasteiger partial charge in [0.2, 0.25) is 21.8 Å². The second-order valence-corrected chi connectivity index (χ2v) is 10.9. The number of nitrogens with zero attached hydrogens (tertiary/aromatic N) is 2. The molecule has 0 bridgehead atoms. The predicted molar refractivity (Wildman–Crippen MR) is 142 cm³/mol. The summed E-state index contributed by atoms with van der Waals surface area (Å²) in [6.07, 6.45) is 3.20.